The molecule has 0 aliphatic carbocycles. The molecule has 0 fully saturated rings. The number of halogens is 4. The van der Waals surface area contributed by atoms with Crippen molar-refractivity contribution in [3.63, 3.8) is 0 Å². The molecule has 7 heteroatoms. The molecule has 0 atom stereocenters. The largest absolute Gasteiger partial charge is 0.490 e. The molecule has 0 aliphatic heterocycles. The summed E-state index contributed by atoms with van der Waals surface area (Å²) in [5.41, 5.74) is 1.73. The van der Waals surface area contributed by atoms with Crippen molar-refractivity contribution in [3.05, 3.63) is 68.1 Å². The van der Waals surface area contributed by atoms with Gasteiger partial charge in [-0.15, -0.1) is 0 Å². The quantitative estimate of drug-likeness (QED) is 0.444. The van der Waals surface area contributed by atoms with Crippen LogP contribution in [0.3, 0.4) is 0 Å². The minimum Gasteiger partial charge on any atom is -0.490 e. The van der Waals surface area contributed by atoms with Gasteiger partial charge in [0.15, 0.2) is 11.5 Å². The van der Waals surface area contributed by atoms with Crippen LogP contribution in [0.2, 0.25) is 10.0 Å². The van der Waals surface area contributed by atoms with E-state index in [1.54, 1.807) is 24.3 Å². The fourth-order valence-corrected chi connectivity index (χ4v) is 2.84. The Morgan fingerprint density at radius 2 is 1.65 bits per heavy atom. The molecule has 0 radical (unpaired) electrons. The van der Waals surface area contributed by atoms with Crippen LogP contribution in [0.15, 0.2) is 47.0 Å². The van der Waals surface area contributed by atoms with Crippen molar-refractivity contribution in [2.45, 2.75) is 13.3 Å². The second-order valence-corrected chi connectivity index (χ2v) is 7.19. The number of benzene rings is 2. The van der Waals surface area contributed by atoms with Gasteiger partial charge in [0.05, 0.1) is 16.7 Å². The van der Waals surface area contributed by atoms with Crippen LogP contribution in [0, 0.1) is 0 Å². The lowest BCUT2D eigenvalue weighted by molar-refractivity contribution is 0.101. The first kappa shape index (κ1) is 20.9. The van der Waals surface area contributed by atoms with Gasteiger partial charge in [-0.3, -0.25) is 4.79 Å². The van der Waals surface area contributed by atoms with E-state index < -0.39 is 0 Å². The van der Waals surface area contributed by atoms with E-state index in [1.165, 1.54) is 13.0 Å². The topological polar surface area (TPSA) is 35.5 Å². The van der Waals surface area contributed by atoms with Crippen LogP contribution >= 0.6 is 46.4 Å². The van der Waals surface area contributed by atoms with E-state index in [4.69, 9.17) is 55.9 Å². The highest BCUT2D eigenvalue weighted by Crippen LogP contribution is 2.37. The predicted molar refractivity (Wildman–Crippen MR) is 107 cm³/mol. The third-order valence-electron chi connectivity index (χ3n) is 3.46. The van der Waals surface area contributed by atoms with E-state index in [0.29, 0.717) is 40.1 Å². The molecular weight excluding hydrogens is 418 g/mol. The molecule has 0 aliphatic rings. The lowest BCUT2D eigenvalue weighted by Crippen LogP contribution is -2.03. The van der Waals surface area contributed by atoms with Crippen molar-refractivity contribution in [2.24, 2.45) is 0 Å². The molecule has 2 rings (SSSR count). The van der Waals surface area contributed by atoms with E-state index in [-0.39, 0.29) is 16.9 Å². The van der Waals surface area contributed by atoms with Crippen LogP contribution in [0.1, 0.15) is 22.8 Å². The maximum absolute atomic E-state index is 11.3. The molecular formula is C19H16Cl4O3. The van der Waals surface area contributed by atoms with Crippen molar-refractivity contribution in [1.82, 2.24) is 0 Å². The molecule has 0 spiro atoms. The summed E-state index contributed by atoms with van der Waals surface area (Å²) in [5, 5.41) is 0.695. The van der Waals surface area contributed by atoms with Crippen LogP contribution in [0.5, 0.6) is 11.5 Å². The summed E-state index contributed by atoms with van der Waals surface area (Å²) in [4.78, 5) is 11.3. The van der Waals surface area contributed by atoms with Gasteiger partial charge in [-0.1, -0.05) is 70.7 Å². The normalized spacial score (nSPS) is 10.3. The van der Waals surface area contributed by atoms with E-state index in [2.05, 4.69) is 0 Å². The lowest BCUT2D eigenvalue weighted by atomic mass is 10.1. The maximum atomic E-state index is 11.3. The monoisotopic (exact) mass is 432 g/mol. The average molecular weight is 434 g/mol. The van der Waals surface area contributed by atoms with Crippen molar-refractivity contribution >= 4 is 52.2 Å². The molecule has 2 aromatic carbocycles. The van der Waals surface area contributed by atoms with Crippen LogP contribution in [-0.2, 0) is 6.42 Å². The van der Waals surface area contributed by atoms with Gasteiger partial charge in [0, 0.05) is 24.1 Å². The number of rotatable bonds is 8. The van der Waals surface area contributed by atoms with Gasteiger partial charge >= 0.3 is 0 Å². The maximum Gasteiger partial charge on any atom is 0.159 e. The molecule has 0 saturated carbocycles. The highest BCUT2D eigenvalue weighted by Gasteiger charge is 2.11. The molecule has 0 saturated heterocycles. The number of hydrogen-bond acceptors (Lipinski definition) is 3. The van der Waals surface area contributed by atoms with Crippen LogP contribution in [0.25, 0.3) is 0 Å². The number of carbonyl (C=O) groups excluding carboxylic acids is 1. The van der Waals surface area contributed by atoms with Gasteiger partial charge in [0.2, 0.25) is 0 Å². The first-order valence-electron chi connectivity index (χ1n) is 7.72. The van der Waals surface area contributed by atoms with Gasteiger partial charge in [0.1, 0.15) is 16.8 Å². The van der Waals surface area contributed by atoms with Crippen molar-refractivity contribution in [1.29, 1.82) is 0 Å². The third kappa shape index (κ3) is 6.40. The van der Waals surface area contributed by atoms with Gasteiger partial charge < -0.3 is 9.47 Å². The van der Waals surface area contributed by atoms with Gasteiger partial charge in [0.25, 0.3) is 0 Å². The highest BCUT2D eigenvalue weighted by molar-refractivity contribution is 6.55. The molecule has 3 nitrogen and oxygen atoms in total. The fourth-order valence-electron chi connectivity index (χ4n) is 2.14. The molecule has 0 N–H and O–H groups in total. The fraction of sp³-hybridized carbons (Fsp3) is 0.211. The number of hydrogen-bond donors (Lipinski definition) is 0. The smallest absolute Gasteiger partial charge is 0.159 e. The zero-order valence-corrected chi connectivity index (χ0v) is 16.9. The van der Waals surface area contributed by atoms with E-state index in [0.717, 1.165) is 5.56 Å². The van der Waals surface area contributed by atoms with E-state index in [1.807, 2.05) is 12.1 Å². The molecule has 0 aromatic heterocycles. The Balaban J connectivity index is 1.94. The second kappa shape index (κ2) is 10.1. The Kier molecular flexibility index (Phi) is 8.11. The summed E-state index contributed by atoms with van der Waals surface area (Å²) in [5.74, 6) is 0.919. The number of ketones is 1. The van der Waals surface area contributed by atoms with Crippen molar-refractivity contribution in [3.8, 4) is 11.5 Å². The Labute approximate surface area is 172 Å². The third-order valence-corrected chi connectivity index (χ3v) is 4.33. The van der Waals surface area contributed by atoms with E-state index >= 15 is 0 Å². The Morgan fingerprint density at radius 1 is 1.04 bits per heavy atom. The van der Waals surface area contributed by atoms with Crippen LogP contribution in [-0.4, -0.2) is 19.0 Å². The van der Waals surface area contributed by atoms with Crippen LogP contribution in [0.4, 0.5) is 0 Å². The number of ether oxygens (including phenoxy) is 2. The van der Waals surface area contributed by atoms with Crippen molar-refractivity contribution < 1.29 is 14.3 Å². The average Bonchev–Trinajstić information content (AvgIpc) is 2.57. The highest BCUT2D eigenvalue weighted by atomic mass is 35.5. The summed E-state index contributed by atoms with van der Waals surface area (Å²) < 4.78 is 11.3. The number of carbonyl (C=O) groups is 1. The molecule has 2 aromatic rings. The molecule has 0 amide bonds. The zero-order chi connectivity index (χ0) is 19.1. The number of Topliss-reactive ketones (excluding diaryl/α,β-unsaturated/α-hetero) is 1. The lowest BCUT2D eigenvalue weighted by Gasteiger charge is -2.12. The second-order valence-electron chi connectivity index (χ2n) is 5.37. The minimum atomic E-state index is 0.0393. The van der Waals surface area contributed by atoms with Crippen LogP contribution < -0.4 is 9.47 Å². The summed E-state index contributed by atoms with van der Waals surface area (Å²) in [7, 11) is 0. The summed E-state index contributed by atoms with van der Waals surface area (Å²) in [6, 6.07) is 10.6. The first-order valence-corrected chi connectivity index (χ1v) is 9.23. The molecule has 0 unspecified atom stereocenters. The molecule has 26 heavy (non-hydrogen) atoms. The first-order chi connectivity index (χ1) is 12.4. The molecule has 0 bridgehead atoms. The Hall–Kier alpha value is -1.39. The Morgan fingerprint density at radius 3 is 2.19 bits per heavy atom. The zero-order valence-electron chi connectivity index (χ0n) is 13.9. The van der Waals surface area contributed by atoms with E-state index in [9.17, 15) is 4.79 Å². The van der Waals surface area contributed by atoms with Crippen molar-refractivity contribution in [2.75, 3.05) is 13.2 Å². The SMILES string of the molecule is CC(=O)c1ccc(CCOc2c(Cl)cc(OCC=C(Cl)Cl)cc2Cl)cc1. The van der Waals surface area contributed by atoms with Gasteiger partial charge in [-0.05, 0) is 18.6 Å². The molecule has 0 heterocycles. The Bertz CT molecular complexity index is 774. The van der Waals surface area contributed by atoms with Gasteiger partial charge in [-0.2, -0.15) is 0 Å². The standard InChI is InChI=1S/C19H16Cl4O3/c1-12(24)14-4-2-13(3-5-14)6-8-26-19-16(20)10-15(11-17(19)21)25-9-7-18(22)23/h2-5,7,10-11H,6,8-9H2,1H3. The summed E-state index contributed by atoms with van der Waals surface area (Å²) in [6.07, 6.45) is 2.16. The summed E-state index contributed by atoms with van der Waals surface area (Å²) >= 11 is 23.5. The minimum absolute atomic E-state index is 0.0393. The summed E-state index contributed by atoms with van der Waals surface area (Å²) in [6.45, 7) is 2.13. The van der Waals surface area contributed by atoms with Gasteiger partial charge in [-0.25, -0.2) is 0 Å². The molecule has 138 valence electrons. The predicted octanol–water partition coefficient (Wildman–Crippen LogP) is 6.52.